The van der Waals surface area contributed by atoms with Gasteiger partial charge in [-0.25, -0.2) is 5.48 Å². The van der Waals surface area contributed by atoms with Crippen LogP contribution in [0.15, 0.2) is 54.6 Å². The lowest BCUT2D eigenvalue weighted by atomic mass is 9.94. The Balaban J connectivity index is 1.65. The summed E-state index contributed by atoms with van der Waals surface area (Å²) < 4.78 is 0. The zero-order valence-corrected chi connectivity index (χ0v) is 15.7. The summed E-state index contributed by atoms with van der Waals surface area (Å²) >= 11 is 0. The lowest BCUT2D eigenvalue weighted by Crippen LogP contribution is -2.47. The molecule has 2 aromatic carbocycles. The topological polar surface area (TPSA) is 98.7 Å². The zero-order chi connectivity index (χ0) is 20.0. The van der Waals surface area contributed by atoms with E-state index in [0.717, 1.165) is 24.0 Å². The molecule has 0 radical (unpaired) electrons. The van der Waals surface area contributed by atoms with Crippen LogP contribution in [0.25, 0.3) is 0 Å². The van der Waals surface area contributed by atoms with Crippen molar-refractivity contribution in [3.63, 3.8) is 0 Å². The van der Waals surface area contributed by atoms with Crippen molar-refractivity contribution in [3.05, 3.63) is 71.3 Å². The number of aliphatic hydroxyl groups is 1. The molecule has 0 bridgehead atoms. The second kappa shape index (κ2) is 8.99. The van der Waals surface area contributed by atoms with Crippen LogP contribution >= 0.6 is 0 Å². The third kappa shape index (κ3) is 4.77. The minimum absolute atomic E-state index is 0.130. The first-order chi connectivity index (χ1) is 13.5. The normalized spacial score (nSPS) is 18.9. The Morgan fingerprint density at radius 3 is 2.54 bits per heavy atom. The van der Waals surface area contributed by atoms with Gasteiger partial charge in [0.25, 0.3) is 0 Å². The number of nitrogens with one attached hydrogen (secondary N) is 2. The zero-order valence-electron chi connectivity index (χ0n) is 15.7. The van der Waals surface area contributed by atoms with Crippen molar-refractivity contribution in [1.29, 1.82) is 0 Å². The molecule has 2 amide bonds. The molecule has 0 saturated heterocycles. The molecule has 2 atom stereocenters. The van der Waals surface area contributed by atoms with Crippen LogP contribution in [-0.4, -0.2) is 22.1 Å². The van der Waals surface area contributed by atoms with Gasteiger partial charge in [-0.3, -0.25) is 14.8 Å². The van der Waals surface area contributed by atoms with Crippen LogP contribution in [0, 0.1) is 5.92 Å². The lowest BCUT2D eigenvalue weighted by Gasteiger charge is -2.28. The van der Waals surface area contributed by atoms with Gasteiger partial charge in [0.1, 0.15) is 0 Å². The minimum atomic E-state index is -1.42. The van der Waals surface area contributed by atoms with Crippen molar-refractivity contribution >= 4 is 11.8 Å². The maximum absolute atomic E-state index is 12.9. The van der Waals surface area contributed by atoms with Gasteiger partial charge in [-0.05, 0) is 36.8 Å². The molecular weight excluding hydrogens is 356 g/mol. The molecule has 0 spiro atoms. The van der Waals surface area contributed by atoms with Gasteiger partial charge >= 0.3 is 0 Å². The van der Waals surface area contributed by atoms with Gasteiger partial charge in [0, 0.05) is 24.3 Å². The molecule has 0 heterocycles. The maximum Gasteiger partial charge on any atom is 0.244 e. The van der Waals surface area contributed by atoms with Crippen molar-refractivity contribution in [2.75, 3.05) is 0 Å². The summed E-state index contributed by atoms with van der Waals surface area (Å²) in [6.45, 7) is 0. The largest absolute Gasteiger partial charge is 0.367 e. The van der Waals surface area contributed by atoms with Crippen LogP contribution in [0.5, 0.6) is 0 Å². The Morgan fingerprint density at radius 2 is 1.79 bits per heavy atom. The highest BCUT2D eigenvalue weighted by molar-refractivity contribution is 5.85. The fourth-order valence-electron chi connectivity index (χ4n) is 3.82. The fourth-order valence-corrected chi connectivity index (χ4v) is 3.82. The summed E-state index contributed by atoms with van der Waals surface area (Å²) in [5.41, 5.74) is 3.06. The fraction of sp³-hybridized carbons (Fsp3) is 0.364. The average molecular weight is 382 g/mol. The molecule has 148 valence electrons. The van der Waals surface area contributed by atoms with Crippen LogP contribution in [0.1, 0.15) is 42.4 Å². The Kier molecular flexibility index (Phi) is 6.44. The third-order valence-electron chi connectivity index (χ3n) is 5.34. The Labute approximate surface area is 164 Å². The van der Waals surface area contributed by atoms with Crippen molar-refractivity contribution in [2.24, 2.45) is 5.92 Å². The first-order valence-electron chi connectivity index (χ1n) is 9.61. The number of hydrogen-bond acceptors (Lipinski definition) is 4. The Hall–Kier alpha value is -2.70. The smallest absolute Gasteiger partial charge is 0.244 e. The molecule has 2 aromatic rings. The van der Waals surface area contributed by atoms with Crippen LogP contribution in [0.3, 0.4) is 0 Å². The summed E-state index contributed by atoms with van der Waals surface area (Å²) in [7, 11) is 0. The highest BCUT2D eigenvalue weighted by Crippen LogP contribution is 2.35. The van der Waals surface area contributed by atoms with Crippen molar-refractivity contribution in [2.45, 2.75) is 44.2 Å². The van der Waals surface area contributed by atoms with E-state index >= 15 is 0 Å². The number of amides is 2. The molecule has 1 aliphatic rings. The van der Waals surface area contributed by atoms with Crippen LogP contribution in [0.4, 0.5) is 0 Å². The number of rotatable bonds is 8. The molecule has 3 rings (SSSR count). The van der Waals surface area contributed by atoms with E-state index in [4.69, 9.17) is 5.21 Å². The lowest BCUT2D eigenvalue weighted by molar-refractivity contribution is -0.139. The van der Waals surface area contributed by atoms with E-state index in [-0.39, 0.29) is 12.3 Å². The van der Waals surface area contributed by atoms with E-state index in [9.17, 15) is 14.7 Å². The average Bonchev–Trinajstić information content (AvgIpc) is 3.04. The molecule has 6 nitrogen and oxygen atoms in total. The summed E-state index contributed by atoms with van der Waals surface area (Å²) in [6.07, 6.45) is 2.94. The number of carbonyl (C=O) groups is 2. The first-order valence-corrected chi connectivity index (χ1v) is 9.61. The van der Waals surface area contributed by atoms with Gasteiger partial charge in [0.15, 0.2) is 5.72 Å². The molecule has 0 unspecified atom stereocenters. The second-order valence-electron chi connectivity index (χ2n) is 7.32. The van der Waals surface area contributed by atoms with Gasteiger partial charge in [-0.1, -0.05) is 54.6 Å². The summed E-state index contributed by atoms with van der Waals surface area (Å²) in [5.74, 6) is -1.62. The van der Waals surface area contributed by atoms with Gasteiger partial charge in [0.05, 0.1) is 0 Å². The SMILES string of the molecule is O=C(C[C@@H](CCCc1ccccc1)C(=O)N[C@]1(O)CCc2ccccc21)NO. The van der Waals surface area contributed by atoms with Crippen LogP contribution < -0.4 is 10.8 Å². The van der Waals surface area contributed by atoms with Crippen molar-refractivity contribution < 1.29 is 19.9 Å². The van der Waals surface area contributed by atoms with Gasteiger partial charge < -0.3 is 10.4 Å². The van der Waals surface area contributed by atoms with E-state index < -0.39 is 17.6 Å². The van der Waals surface area contributed by atoms with Gasteiger partial charge in [-0.15, -0.1) is 0 Å². The first kappa shape index (κ1) is 20.0. The number of hydrogen-bond donors (Lipinski definition) is 4. The molecular formula is C22H26N2O4. The van der Waals surface area contributed by atoms with E-state index in [1.54, 1.807) is 5.48 Å². The molecule has 0 fully saturated rings. The summed E-state index contributed by atoms with van der Waals surface area (Å²) in [5, 5.41) is 22.6. The quantitative estimate of drug-likeness (QED) is 0.320. The maximum atomic E-state index is 12.9. The number of aryl methyl sites for hydroxylation is 2. The predicted octanol–water partition coefficient (Wildman–Crippen LogP) is 2.43. The molecule has 28 heavy (non-hydrogen) atoms. The summed E-state index contributed by atoms with van der Waals surface area (Å²) in [4.78, 5) is 24.5. The third-order valence-corrected chi connectivity index (χ3v) is 5.34. The summed E-state index contributed by atoms with van der Waals surface area (Å²) in [6, 6.07) is 17.4. The Morgan fingerprint density at radius 1 is 1.07 bits per heavy atom. The predicted molar refractivity (Wildman–Crippen MR) is 104 cm³/mol. The number of hydroxylamine groups is 1. The van der Waals surface area contributed by atoms with E-state index in [1.807, 2.05) is 54.6 Å². The van der Waals surface area contributed by atoms with Crippen molar-refractivity contribution in [1.82, 2.24) is 10.8 Å². The van der Waals surface area contributed by atoms with Crippen LogP contribution in [0.2, 0.25) is 0 Å². The van der Waals surface area contributed by atoms with Gasteiger partial charge in [0.2, 0.25) is 11.8 Å². The second-order valence-corrected chi connectivity index (χ2v) is 7.32. The molecule has 0 saturated carbocycles. The standard InChI is InChI=1S/C22H26N2O4/c25-20(24-28)15-18(11-6-9-16-7-2-1-3-8-16)21(26)23-22(27)14-13-17-10-4-5-12-19(17)22/h1-5,7-8,10,12,18,27-28H,6,9,11,13-15H2,(H,23,26)(H,24,25)/t18-,22+/m1/s1. The molecule has 0 aromatic heterocycles. The highest BCUT2D eigenvalue weighted by Gasteiger charge is 2.39. The van der Waals surface area contributed by atoms with Crippen LogP contribution in [-0.2, 0) is 28.2 Å². The molecule has 4 N–H and O–H groups in total. The van der Waals surface area contributed by atoms with Gasteiger partial charge in [-0.2, -0.15) is 0 Å². The monoisotopic (exact) mass is 382 g/mol. The van der Waals surface area contributed by atoms with Crippen molar-refractivity contribution in [3.8, 4) is 0 Å². The molecule has 0 aliphatic heterocycles. The highest BCUT2D eigenvalue weighted by atomic mass is 16.5. The molecule has 1 aliphatic carbocycles. The molecule has 6 heteroatoms. The van der Waals surface area contributed by atoms with E-state index in [2.05, 4.69) is 5.32 Å². The minimum Gasteiger partial charge on any atom is -0.367 e. The Bertz CT molecular complexity index is 824. The number of fused-ring (bicyclic) bond motifs is 1. The van der Waals surface area contributed by atoms with E-state index in [0.29, 0.717) is 24.8 Å². The van der Waals surface area contributed by atoms with E-state index in [1.165, 1.54) is 0 Å². The number of benzene rings is 2. The number of carbonyl (C=O) groups excluding carboxylic acids is 2.